The molecule has 0 saturated carbocycles. The minimum absolute atomic E-state index is 0.0515. The summed E-state index contributed by atoms with van der Waals surface area (Å²) < 4.78 is 36.3. The van der Waals surface area contributed by atoms with Gasteiger partial charge >= 0.3 is 16.1 Å². The SMILES string of the molecule is CC[C@@H](C)N(Cc1cccc(OS(=O)(=O)c2ccc(NC(C)=O)cc2)c1)C(=O)Nc1ccccc1OC. The lowest BCUT2D eigenvalue weighted by Crippen LogP contribution is -2.40. The maximum atomic E-state index is 13.2. The summed E-state index contributed by atoms with van der Waals surface area (Å²) in [6, 6.07) is 19.0. The predicted molar refractivity (Wildman–Crippen MR) is 142 cm³/mol. The molecule has 0 bridgehead atoms. The molecule has 1 atom stereocenters. The number of nitrogens with one attached hydrogen (secondary N) is 2. The van der Waals surface area contributed by atoms with Crippen LogP contribution in [0.2, 0.25) is 0 Å². The van der Waals surface area contributed by atoms with Crippen molar-refractivity contribution in [3.8, 4) is 11.5 Å². The van der Waals surface area contributed by atoms with Crippen LogP contribution in [0.15, 0.2) is 77.7 Å². The summed E-state index contributed by atoms with van der Waals surface area (Å²) in [5.41, 5.74) is 1.73. The third-order valence-corrected chi connectivity index (χ3v) is 6.91. The van der Waals surface area contributed by atoms with Gasteiger partial charge in [-0.1, -0.05) is 31.2 Å². The van der Waals surface area contributed by atoms with E-state index in [0.717, 1.165) is 6.42 Å². The number of carbonyl (C=O) groups excluding carboxylic acids is 2. The lowest BCUT2D eigenvalue weighted by atomic mass is 10.1. The van der Waals surface area contributed by atoms with E-state index in [9.17, 15) is 18.0 Å². The Morgan fingerprint density at radius 3 is 2.32 bits per heavy atom. The van der Waals surface area contributed by atoms with Crippen molar-refractivity contribution in [2.24, 2.45) is 0 Å². The molecule has 3 rings (SSSR count). The van der Waals surface area contributed by atoms with Gasteiger partial charge in [-0.2, -0.15) is 8.42 Å². The van der Waals surface area contributed by atoms with E-state index >= 15 is 0 Å². The van der Waals surface area contributed by atoms with Gasteiger partial charge in [-0.3, -0.25) is 4.79 Å². The number of hydrogen-bond donors (Lipinski definition) is 2. The highest BCUT2D eigenvalue weighted by atomic mass is 32.2. The van der Waals surface area contributed by atoms with Crippen LogP contribution in [-0.4, -0.2) is 38.4 Å². The van der Waals surface area contributed by atoms with Gasteiger partial charge < -0.3 is 24.5 Å². The first-order valence-corrected chi connectivity index (χ1v) is 13.2. The van der Waals surface area contributed by atoms with Crippen LogP contribution in [0.1, 0.15) is 32.8 Å². The minimum atomic E-state index is -4.11. The van der Waals surface area contributed by atoms with Gasteiger partial charge in [0.25, 0.3) is 0 Å². The second kappa shape index (κ2) is 12.3. The molecule has 3 amide bonds. The molecule has 0 heterocycles. The molecule has 0 aliphatic carbocycles. The fourth-order valence-corrected chi connectivity index (χ4v) is 4.48. The predicted octanol–water partition coefficient (Wildman–Crippen LogP) is 5.25. The zero-order chi connectivity index (χ0) is 27.0. The molecule has 2 N–H and O–H groups in total. The lowest BCUT2D eigenvalue weighted by Gasteiger charge is -2.29. The molecule has 0 fully saturated rings. The van der Waals surface area contributed by atoms with Crippen LogP contribution in [-0.2, 0) is 21.5 Å². The number of hydrogen-bond acceptors (Lipinski definition) is 6. The number of benzene rings is 3. The Hall–Kier alpha value is -4.05. The quantitative estimate of drug-likeness (QED) is 0.349. The van der Waals surface area contributed by atoms with Crippen molar-refractivity contribution in [1.29, 1.82) is 0 Å². The first-order chi connectivity index (χ1) is 17.6. The number of anilines is 2. The molecular formula is C27H31N3O6S. The van der Waals surface area contributed by atoms with E-state index in [0.29, 0.717) is 22.7 Å². The molecule has 0 spiro atoms. The van der Waals surface area contributed by atoms with Crippen molar-refractivity contribution < 1.29 is 26.9 Å². The van der Waals surface area contributed by atoms with Crippen LogP contribution in [0.5, 0.6) is 11.5 Å². The molecule has 10 heteroatoms. The minimum Gasteiger partial charge on any atom is -0.495 e. The molecule has 0 aromatic heterocycles. The average molecular weight is 526 g/mol. The topological polar surface area (TPSA) is 114 Å². The van der Waals surface area contributed by atoms with Crippen LogP contribution in [0.25, 0.3) is 0 Å². The average Bonchev–Trinajstić information content (AvgIpc) is 2.87. The Bertz CT molecular complexity index is 1340. The zero-order valence-electron chi connectivity index (χ0n) is 21.2. The second-order valence-corrected chi connectivity index (χ2v) is 9.95. The summed E-state index contributed by atoms with van der Waals surface area (Å²) in [7, 11) is -2.57. The lowest BCUT2D eigenvalue weighted by molar-refractivity contribution is -0.114. The van der Waals surface area contributed by atoms with Gasteiger partial charge in [-0.25, -0.2) is 4.79 Å². The van der Waals surface area contributed by atoms with Crippen LogP contribution in [0.3, 0.4) is 0 Å². The molecule has 0 unspecified atom stereocenters. The van der Waals surface area contributed by atoms with E-state index in [1.165, 1.54) is 44.4 Å². The van der Waals surface area contributed by atoms with E-state index < -0.39 is 10.1 Å². The molecule has 0 aliphatic rings. The maximum Gasteiger partial charge on any atom is 0.339 e. The number of rotatable bonds is 10. The van der Waals surface area contributed by atoms with Gasteiger partial charge in [0.05, 0.1) is 12.8 Å². The van der Waals surface area contributed by atoms with Gasteiger partial charge in [-0.05, 0) is 67.4 Å². The monoisotopic (exact) mass is 525 g/mol. The third-order valence-electron chi connectivity index (χ3n) is 5.65. The smallest absolute Gasteiger partial charge is 0.339 e. The fourth-order valence-electron chi connectivity index (χ4n) is 3.56. The van der Waals surface area contributed by atoms with Gasteiger partial charge in [0, 0.05) is 25.2 Å². The van der Waals surface area contributed by atoms with Crippen LogP contribution >= 0.6 is 0 Å². The number of carbonyl (C=O) groups is 2. The van der Waals surface area contributed by atoms with Gasteiger partial charge in [-0.15, -0.1) is 0 Å². The largest absolute Gasteiger partial charge is 0.495 e. The van der Waals surface area contributed by atoms with Gasteiger partial charge in [0.1, 0.15) is 16.4 Å². The summed E-state index contributed by atoms with van der Waals surface area (Å²) in [5.74, 6) is 0.412. The summed E-state index contributed by atoms with van der Waals surface area (Å²) in [6.07, 6.45) is 0.721. The van der Waals surface area contributed by atoms with E-state index in [2.05, 4.69) is 10.6 Å². The molecule has 0 radical (unpaired) electrons. The highest BCUT2D eigenvalue weighted by Gasteiger charge is 2.22. The summed E-state index contributed by atoms with van der Waals surface area (Å²) >= 11 is 0. The maximum absolute atomic E-state index is 13.2. The van der Waals surface area contributed by atoms with Crippen LogP contribution in [0.4, 0.5) is 16.2 Å². The third kappa shape index (κ3) is 7.47. The van der Waals surface area contributed by atoms with Gasteiger partial charge in [0.15, 0.2) is 0 Å². The summed E-state index contributed by atoms with van der Waals surface area (Å²) in [6.45, 7) is 5.53. The highest BCUT2D eigenvalue weighted by molar-refractivity contribution is 7.87. The van der Waals surface area contributed by atoms with Crippen molar-refractivity contribution in [2.45, 2.75) is 44.7 Å². The van der Waals surface area contributed by atoms with Crippen LogP contribution in [0, 0.1) is 0 Å². The Kier molecular flexibility index (Phi) is 9.13. The Labute approximate surface area is 217 Å². The number of amides is 3. The Morgan fingerprint density at radius 1 is 0.973 bits per heavy atom. The second-order valence-electron chi connectivity index (χ2n) is 8.41. The zero-order valence-corrected chi connectivity index (χ0v) is 22.0. The molecule has 0 saturated heterocycles. The fraction of sp³-hybridized carbons (Fsp3) is 0.259. The standard InChI is InChI=1S/C27H31N3O6S/c1-5-19(2)30(27(32)29-25-11-6-7-12-26(25)35-4)18-21-9-8-10-23(17-21)36-37(33,34)24-15-13-22(14-16-24)28-20(3)31/h6-17,19H,5,18H2,1-4H3,(H,28,31)(H,29,32)/t19-/m1/s1. The Morgan fingerprint density at radius 2 is 1.68 bits per heavy atom. The Balaban J connectivity index is 1.77. The van der Waals surface area contributed by atoms with Crippen molar-refractivity contribution in [1.82, 2.24) is 4.90 Å². The number of urea groups is 1. The first-order valence-electron chi connectivity index (χ1n) is 11.7. The highest BCUT2D eigenvalue weighted by Crippen LogP contribution is 2.25. The van der Waals surface area contributed by atoms with E-state index in [4.69, 9.17) is 8.92 Å². The van der Waals surface area contributed by atoms with E-state index in [-0.39, 0.29) is 35.2 Å². The van der Waals surface area contributed by atoms with Crippen LogP contribution < -0.4 is 19.6 Å². The van der Waals surface area contributed by atoms with Crippen molar-refractivity contribution in [3.63, 3.8) is 0 Å². The molecule has 37 heavy (non-hydrogen) atoms. The molecule has 9 nitrogen and oxygen atoms in total. The number of nitrogens with zero attached hydrogens (tertiary/aromatic N) is 1. The molecule has 196 valence electrons. The normalized spacial score (nSPS) is 11.8. The molecule has 3 aromatic rings. The molecular weight excluding hydrogens is 494 g/mol. The molecule has 3 aromatic carbocycles. The molecule has 0 aliphatic heterocycles. The van der Waals surface area contributed by atoms with Gasteiger partial charge in [0.2, 0.25) is 5.91 Å². The summed E-state index contributed by atoms with van der Waals surface area (Å²) in [4.78, 5) is 26.0. The van der Waals surface area contributed by atoms with E-state index in [1.807, 2.05) is 19.9 Å². The number of para-hydroxylation sites is 2. The van der Waals surface area contributed by atoms with Crippen molar-refractivity contribution in [3.05, 3.63) is 78.4 Å². The number of ether oxygens (including phenoxy) is 1. The van der Waals surface area contributed by atoms with Crippen molar-refractivity contribution >= 4 is 33.4 Å². The van der Waals surface area contributed by atoms with Crippen molar-refractivity contribution in [2.75, 3.05) is 17.7 Å². The number of methoxy groups -OCH3 is 1. The van der Waals surface area contributed by atoms with E-state index in [1.54, 1.807) is 41.3 Å². The summed E-state index contributed by atoms with van der Waals surface area (Å²) in [5, 5.41) is 5.48. The first kappa shape index (κ1) is 27.5.